The molecule has 0 aliphatic heterocycles. The molecule has 0 saturated carbocycles. The summed E-state index contributed by atoms with van der Waals surface area (Å²) in [5.74, 6) is 0.378. The second kappa shape index (κ2) is 6.33. The third-order valence-corrected chi connectivity index (χ3v) is 3.84. The van der Waals surface area contributed by atoms with Crippen LogP contribution in [0.15, 0.2) is 22.9 Å². The number of aromatic amines is 1. The molecule has 0 aromatic carbocycles. The summed E-state index contributed by atoms with van der Waals surface area (Å²) in [6, 6.07) is 1.96. The summed E-state index contributed by atoms with van der Waals surface area (Å²) in [6.45, 7) is 4.26. The van der Waals surface area contributed by atoms with Gasteiger partial charge in [0.2, 0.25) is 0 Å². The van der Waals surface area contributed by atoms with Gasteiger partial charge in [0.05, 0.1) is 0 Å². The zero-order chi connectivity index (χ0) is 13.8. The van der Waals surface area contributed by atoms with E-state index in [2.05, 4.69) is 39.7 Å². The van der Waals surface area contributed by atoms with E-state index in [0.717, 1.165) is 46.8 Å². The molecule has 2 heterocycles. The van der Waals surface area contributed by atoms with Crippen LogP contribution in [-0.2, 0) is 0 Å². The first-order chi connectivity index (χ1) is 9.17. The maximum absolute atomic E-state index is 12.6. The topological polar surface area (TPSA) is 45.8 Å². The van der Waals surface area contributed by atoms with Gasteiger partial charge in [0, 0.05) is 33.7 Å². The standard InChI is InChI=1S/C15H19BrN2O/c1-3-5-10(6-4-2)14(19)13-9-18-15-12(13)7-11(16)8-17-15/h7-10H,3-6H2,1-2H3,(H,17,18). The molecule has 0 atom stereocenters. The molecule has 4 heteroatoms. The minimum absolute atomic E-state index is 0.132. The van der Waals surface area contributed by atoms with Gasteiger partial charge in [-0.2, -0.15) is 0 Å². The fraction of sp³-hybridized carbons (Fsp3) is 0.467. The lowest BCUT2D eigenvalue weighted by molar-refractivity contribution is 0.0906. The highest BCUT2D eigenvalue weighted by Gasteiger charge is 2.21. The van der Waals surface area contributed by atoms with Crippen LogP contribution < -0.4 is 0 Å². The van der Waals surface area contributed by atoms with E-state index in [9.17, 15) is 4.79 Å². The second-order valence-electron chi connectivity index (χ2n) is 4.89. The van der Waals surface area contributed by atoms with Crippen molar-refractivity contribution in [3.8, 4) is 0 Å². The van der Waals surface area contributed by atoms with E-state index in [1.807, 2.05) is 6.07 Å². The number of halogens is 1. The van der Waals surface area contributed by atoms with E-state index in [0.29, 0.717) is 0 Å². The Morgan fingerprint density at radius 1 is 1.37 bits per heavy atom. The molecule has 1 N–H and O–H groups in total. The lowest BCUT2D eigenvalue weighted by Gasteiger charge is -2.13. The molecule has 2 aromatic rings. The minimum Gasteiger partial charge on any atom is -0.345 e. The number of carbonyl (C=O) groups excluding carboxylic acids is 1. The highest BCUT2D eigenvalue weighted by Crippen LogP contribution is 2.26. The SMILES string of the molecule is CCCC(CCC)C(=O)c1c[nH]c2ncc(Br)cc12. The molecule has 0 bridgehead atoms. The quantitative estimate of drug-likeness (QED) is 0.782. The molecule has 0 amide bonds. The van der Waals surface area contributed by atoms with Crippen molar-refractivity contribution in [2.45, 2.75) is 39.5 Å². The number of pyridine rings is 1. The van der Waals surface area contributed by atoms with Gasteiger partial charge in [-0.1, -0.05) is 26.7 Å². The fourth-order valence-electron chi connectivity index (χ4n) is 2.51. The molecule has 0 radical (unpaired) electrons. The van der Waals surface area contributed by atoms with E-state index in [-0.39, 0.29) is 11.7 Å². The lowest BCUT2D eigenvalue weighted by atomic mass is 9.90. The van der Waals surface area contributed by atoms with Gasteiger partial charge in [0.1, 0.15) is 5.65 Å². The van der Waals surface area contributed by atoms with E-state index in [1.165, 1.54) is 0 Å². The molecule has 2 aromatic heterocycles. The second-order valence-corrected chi connectivity index (χ2v) is 5.81. The molecule has 0 spiro atoms. The fourth-order valence-corrected chi connectivity index (χ4v) is 2.84. The largest absolute Gasteiger partial charge is 0.345 e. The van der Waals surface area contributed by atoms with Gasteiger partial charge in [-0.3, -0.25) is 4.79 Å². The normalized spacial score (nSPS) is 11.4. The number of carbonyl (C=O) groups is 1. The molecule has 3 nitrogen and oxygen atoms in total. The Labute approximate surface area is 121 Å². The molecule has 0 aliphatic carbocycles. The minimum atomic E-state index is 0.132. The molecular weight excluding hydrogens is 304 g/mol. The third kappa shape index (κ3) is 3.06. The van der Waals surface area contributed by atoms with Crippen molar-refractivity contribution in [1.82, 2.24) is 9.97 Å². The predicted octanol–water partition coefficient (Wildman–Crippen LogP) is 4.72. The summed E-state index contributed by atoms with van der Waals surface area (Å²) in [4.78, 5) is 20.0. The Hall–Kier alpha value is -1.16. The molecule has 102 valence electrons. The highest BCUT2D eigenvalue weighted by molar-refractivity contribution is 9.10. The number of nitrogens with one attached hydrogen (secondary N) is 1. The van der Waals surface area contributed by atoms with Crippen LogP contribution in [-0.4, -0.2) is 15.8 Å². The highest BCUT2D eigenvalue weighted by atomic mass is 79.9. The number of Topliss-reactive ketones (excluding diaryl/α,β-unsaturated/α-hetero) is 1. The number of ketones is 1. The number of nitrogens with zero attached hydrogens (tertiary/aromatic N) is 1. The van der Waals surface area contributed by atoms with Crippen LogP contribution in [0, 0.1) is 5.92 Å². The van der Waals surface area contributed by atoms with Crippen LogP contribution in [0.25, 0.3) is 11.0 Å². The zero-order valence-corrected chi connectivity index (χ0v) is 13.0. The molecule has 0 aliphatic rings. The van der Waals surface area contributed by atoms with E-state index < -0.39 is 0 Å². The van der Waals surface area contributed by atoms with Gasteiger partial charge in [-0.05, 0) is 34.8 Å². The Bertz CT molecular complexity index is 571. The van der Waals surface area contributed by atoms with Crippen molar-refractivity contribution in [3.05, 3.63) is 28.5 Å². The summed E-state index contributed by atoms with van der Waals surface area (Å²) in [5.41, 5.74) is 1.55. The van der Waals surface area contributed by atoms with Gasteiger partial charge in [0.15, 0.2) is 5.78 Å². The average Bonchev–Trinajstić information content (AvgIpc) is 2.80. The van der Waals surface area contributed by atoms with E-state index in [4.69, 9.17) is 0 Å². The average molecular weight is 323 g/mol. The number of hydrogen-bond donors (Lipinski definition) is 1. The monoisotopic (exact) mass is 322 g/mol. The molecule has 2 rings (SSSR count). The predicted molar refractivity (Wildman–Crippen MR) is 81.4 cm³/mol. The van der Waals surface area contributed by atoms with E-state index in [1.54, 1.807) is 12.4 Å². The van der Waals surface area contributed by atoms with Crippen molar-refractivity contribution < 1.29 is 4.79 Å². The first kappa shape index (κ1) is 14.3. The van der Waals surface area contributed by atoms with Crippen LogP contribution in [0.1, 0.15) is 49.9 Å². The van der Waals surface area contributed by atoms with Crippen LogP contribution in [0.3, 0.4) is 0 Å². The summed E-state index contributed by atoms with van der Waals surface area (Å²) in [7, 11) is 0. The van der Waals surface area contributed by atoms with Gasteiger partial charge >= 0.3 is 0 Å². The van der Waals surface area contributed by atoms with Gasteiger partial charge < -0.3 is 4.98 Å². The number of rotatable bonds is 6. The molecular formula is C15H19BrN2O. The van der Waals surface area contributed by atoms with Crippen LogP contribution in [0.5, 0.6) is 0 Å². The van der Waals surface area contributed by atoms with Crippen molar-refractivity contribution in [1.29, 1.82) is 0 Å². The Kier molecular flexibility index (Phi) is 4.75. The molecule has 0 unspecified atom stereocenters. The summed E-state index contributed by atoms with van der Waals surface area (Å²) in [5, 5.41) is 0.914. The Morgan fingerprint density at radius 3 is 2.68 bits per heavy atom. The summed E-state index contributed by atoms with van der Waals surface area (Å²) in [6.07, 6.45) is 7.54. The van der Waals surface area contributed by atoms with Crippen molar-refractivity contribution in [2.75, 3.05) is 0 Å². The Morgan fingerprint density at radius 2 is 2.05 bits per heavy atom. The first-order valence-corrected chi connectivity index (χ1v) is 7.63. The summed E-state index contributed by atoms with van der Waals surface area (Å²) < 4.78 is 0.899. The van der Waals surface area contributed by atoms with Crippen LogP contribution >= 0.6 is 15.9 Å². The smallest absolute Gasteiger partial charge is 0.168 e. The maximum Gasteiger partial charge on any atom is 0.168 e. The molecule has 0 saturated heterocycles. The first-order valence-electron chi connectivity index (χ1n) is 6.84. The van der Waals surface area contributed by atoms with E-state index >= 15 is 0 Å². The van der Waals surface area contributed by atoms with Gasteiger partial charge in [-0.25, -0.2) is 4.98 Å². The molecule has 19 heavy (non-hydrogen) atoms. The maximum atomic E-state index is 12.6. The summed E-state index contributed by atoms with van der Waals surface area (Å²) >= 11 is 3.41. The number of hydrogen-bond acceptors (Lipinski definition) is 2. The molecule has 0 fully saturated rings. The van der Waals surface area contributed by atoms with Crippen molar-refractivity contribution in [3.63, 3.8) is 0 Å². The lowest BCUT2D eigenvalue weighted by Crippen LogP contribution is -2.14. The number of fused-ring (bicyclic) bond motifs is 1. The zero-order valence-electron chi connectivity index (χ0n) is 11.4. The number of aromatic nitrogens is 2. The van der Waals surface area contributed by atoms with Gasteiger partial charge in [0.25, 0.3) is 0 Å². The number of H-pyrrole nitrogens is 1. The van der Waals surface area contributed by atoms with Gasteiger partial charge in [-0.15, -0.1) is 0 Å². The van der Waals surface area contributed by atoms with Crippen molar-refractivity contribution >= 4 is 32.7 Å². The Balaban J connectivity index is 2.36. The van der Waals surface area contributed by atoms with Crippen molar-refractivity contribution in [2.24, 2.45) is 5.92 Å². The third-order valence-electron chi connectivity index (χ3n) is 3.41. The van der Waals surface area contributed by atoms with Crippen LogP contribution in [0.4, 0.5) is 0 Å². The van der Waals surface area contributed by atoms with Crippen LogP contribution in [0.2, 0.25) is 0 Å².